The molecule has 0 spiro atoms. The number of aromatic nitrogens is 3. The molecule has 0 fully saturated rings. The highest BCUT2D eigenvalue weighted by molar-refractivity contribution is 5.96. The molecule has 0 saturated heterocycles. The number of nitrogens with one attached hydrogen (secondary N) is 2. The number of nitrogens with zero attached hydrogens (tertiary/aromatic N) is 2. The molecule has 0 radical (unpaired) electrons. The molecule has 2 aromatic heterocycles. The van der Waals surface area contributed by atoms with E-state index in [2.05, 4.69) is 37.9 Å². The molecule has 0 aliphatic rings. The normalized spacial score (nSPS) is 11.6. The van der Waals surface area contributed by atoms with Crippen LogP contribution in [0.1, 0.15) is 67.8 Å². The first-order chi connectivity index (χ1) is 21.9. The molecule has 45 heavy (non-hydrogen) atoms. The molecular formula is C36H36F2N4O3. The number of aryl methyl sites for hydroxylation is 1. The molecule has 9 heteroatoms. The number of carbonyl (C=O) groups excluding carboxylic acids is 1. The van der Waals surface area contributed by atoms with Gasteiger partial charge in [0, 0.05) is 59.0 Å². The van der Waals surface area contributed by atoms with Gasteiger partial charge in [-0.15, -0.1) is 0 Å². The topological polar surface area (TPSA) is 104 Å². The van der Waals surface area contributed by atoms with Gasteiger partial charge in [-0.05, 0) is 55.7 Å². The van der Waals surface area contributed by atoms with Crippen LogP contribution in [0, 0.1) is 29.9 Å². The van der Waals surface area contributed by atoms with E-state index in [0.717, 1.165) is 36.1 Å². The highest BCUT2D eigenvalue weighted by atomic mass is 19.1. The van der Waals surface area contributed by atoms with Gasteiger partial charge in [-0.2, -0.15) is 5.26 Å². The Morgan fingerprint density at radius 3 is 2.67 bits per heavy atom. The summed E-state index contributed by atoms with van der Waals surface area (Å²) in [6, 6.07) is 17.5. The van der Waals surface area contributed by atoms with Gasteiger partial charge in [0.1, 0.15) is 17.4 Å². The largest absolute Gasteiger partial charge is 0.466 e. The Morgan fingerprint density at radius 2 is 1.91 bits per heavy atom. The van der Waals surface area contributed by atoms with Crippen molar-refractivity contribution >= 4 is 22.9 Å². The average molecular weight is 611 g/mol. The van der Waals surface area contributed by atoms with Gasteiger partial charge in [-0.3, -0.25) is 0 Å². The maximum Gasteiger partial charge on any atom is 0.330 e. The molecule has 0 aliphatic heterocycles. The van der Waals surface area contributed by atoms with Crippen LogP contribution in [0.4, 0.5) is 8.78 Å². The highest BCUT2D eigenvalue weighted by Crippen LogP contribution is 2.37. The van der Waals surface area contributed by atoms with E-state index in [0.29, 0.717) is 28.7 Å². The van der Waals surface area contributed by atoms with Crippen molar-refractivity contribution in [3.63, 3.8) is 0 Å². The number of benzene rings is 3. The fourth-order valence-corrected chi connectivity index (χ4v) is 5.13. The number of ether oxygens (including phenoxy) is 2. The van der Waals surface area contributed by atoms with Crippen molar-refractivity contribution < 1.29 is 23.0 Å². The third kappa shape index (κ3) is 7.84. The molecule has 0 saturated carbocycles. The maximum absolute atomic E-state index is 15.3. The summed E-state index contributed by atoms with van der Waals surface area (Å²) in [6.45, 7) is 6.03. The summed E-state index contributed by atoms with van der Waals surface area (Å²) in [6.07, 6.45) is 8.88. The van der Waals surface area contributed by atoms with Crippen LogP contribution in [0.2, 0.25) is 0 Å². The Morgan fingerprint density at radius 1 is 1.09 bits per heavy atom. The van der Waals surface area contributed by atoms with Gasteiger partial charge in [0.15, 0.2) is 11.6 Å². The quantitative estimate of drug-likeness (QED) is 0.0881. The van der Waals surface area contributed by atoms with E-state index < -0.39 is 17.6 Å². The average Bonchev–Trinajstić information content (AvgIpc) is 3.73. The third-order valence-corrected chi connectivity index (χ3v) is 7.25. The monoisotopic (exact) mass is 610 g/mol. The highest BCUT2D eigenvalue weighted by Gasteiger charge is 2.20. The summed E-state index contributed by atoms with van der Waals surface area (Å²) in [7, 11) is 1.25. The number of carbonyl (C=O) groups is 1. The van der Waals surface area contributed by atoms with E-state index >= 15 is 8.78 Å². The molecule has 7 nitrogen and oxygen atoms in total. The van der Waals surface area contributed by atoms with E-state index in [9.17, 15) is 4.79 Å². The summed E-state index contributed by atoms with van der Waals surface area (Å²) in [5, 5.41) is 9.57. The molecule has 1 atom stereocenters. The molecule has 5 aromatic rings. The van der Waals surface area contributed by atoms with Crippen LogP contribution in [0.3, 0.4) is 0 Å². The van der Waals surface area contributed by atoms with Gasteiger partial charge in [0.25, 0.3) is 0 Å². The molecule has 232 valence electrons. The van der Waals surface area contributed by atoms with Crippen LogP contribution in [-0.2, 0) is 9.53 Å². The predicted octanol–water partition coefficient (Wildman–Crippen LogP) is 9.37. The fourth-order valence-electron chi connectivity index (χ4n) is 5.13. The minimum Gasteiger partial charge on any atom is -0.466 e. The van der Waals surface area contributed by atoms with E-state index in [1.165, 1.54) is 43.5 Å². The van der Waals surface area contributed by atoms with E-state index in [-0.39, 0.29) is 23.0 Å². The first kappa shape index (κ1) is 32.7. The number of hydrogen-bond donors (Lipinski definition) is 2. The lowest BCUT2D eigenvalue weighted by molar-refractivity contribution is -0.134. The van der Waals surface area contributed by atoms with Crippen molar-refractivity contribution in [2.75, 3.05) is 7.11 Å². The summed E-state index contributed by atoms with van der Waals surface area (Å²) in [5.74, 6) is -1.45. The second-order valence-corrected chi connectivity index (χ2v) is 10.2. The van der Waals surface area contributed by atoms with Crippen LogP contribution in [0.15, 0.2) is 73.1 Å². The summed E-state index contributed by atoms with van der Waals surface area (Å²) >= 11 is 0. The zero-order valence-electron chi connectivity index (χ0n) is 25.8. The van der Waals surface area contributed by atoms with Crippen LogP contribution < -0.4 is 4.74 Å². The fraction of sp³-hybridized carbons (Fsp3) is 0.250. The summed E-state index contributed by atoms with van der Waals surface area (Å²) in [4.78, 5) is 22.5. The smallest absolute Gasteiger partial charge is 0.330 e. The molecule has 5 rings (SSSR count). The third-order valence-electron chi connectivity index (χ3n) is 7.25. The van der Waals surface area contributed by atoms with Crippen LogP contribution in [-0.4, -0.2) is 28.0 Å². The number of unbranched alkanes of at least 4 members (excludes halogenated alkanes) is 2. The van der Waals surface area contributed by atoms with Crippen molar-refractivity contribution in [1.29, 1.82) is 5.26 Å². The van der Waals surface area contributed by atoms with Crippen LogP contribution in [0.5, 0.6) is 11.5 Å². The molecule has 2 heterocycles. The maximum atomic E-state index is 15.3. The molecule has 0 amide bonds. The van der Waals surface area contributed by atoms with Crippen molar-refractivity contribution in [1.82, 2.24) is 15.0 Å². The SMILES string of the molecule is CC.COC(=O)/C=C/c1c(Oc2ccc(F)c(-c3ncc(C(CCCCC#N)c4cccc(C)c4)[nH]3)c2)c(F)cc2[nH]ccc12. The van der Waals surface area contributed by atoms with Gasteiger partial charge in [0.2, 0.25) is 0 Å². The van der Waals surface area contributed by atoms with Gasteiger partial charge >= 0.3 is 5.97 Å². The molecule has 2 N–H and O–H groups in total. The first-order valence-electron chi connectivity index (χ1n) is 14.9. The van der Waals surface area contributed by atoms with Crippen LogP contribution >= 0.6 is 0 Å². The van der Waals surface area contributed by atoms with E-state index in [4.69, 9.17) is 10.00 Å². The molecule has 1 unspecified atom stereocenters. The summed E-state index contributed by atoms with van der Waals surface area (Å²) < 4.78 is 41.1. The predicted molar refractivity (Wildman–Crippen MR) is 172 cm³/mol. The van der Waals surface area contributed by atoms with Crippen LogP contribution in [0.25, 0.3) is 28.4 Å². The van der Waals surface area contributed by atoms with Crippen molar-refractivity contribution in [2.45, 2.75) is 52.4 Å². The first-order valence-corrected chi connectivity index (χ1v) is 14.9. The van der Waals surface area contributed by atoms with E-state index in [1.54, 1.807) is 18.5 Å². The number of hydrogen-bond acceptors (Lipinski definition) is 5. The second-order valence-electron chi connectivity index (χ2n) is 10.2. The Bertz CT molecular complexity index is 1830. The zero-order chi connectivity index (χ0) is 32.3. The van der Waals surface area contributed by atoms with Crippen molar-refractivity contribution in [3.8, 4) is 29.0 Å². The van der Waals surface area contributed by atoms with Gasteiger partial charge < -0.3 is 19.4 Å². The van der Waals surface area contributed by atoms with Gasteiger partial charge in [0.05, 0.1) is 18.7 Å². The van der Waals surface area contributed by atoms with Gasteiger partial charge in [-0.25, -0.2) is 18.6 Å². The Balaban J connectivity index is 0.00000226. The number of aromatic amines is 2. The second kappa shape index (κ2) is 15.5. The molecular weight excluding hydrogens is 574 g/mol. The number of H-pyrrole nitrogens is 2. The molecule has 0 bridgehead atoms. The Hall–Kier alpha value is -5.23. The molecule has 3 aromatic carbocycles. The number of methoxy groups -OCH3 is 1. The summed E-state index contributed by atoms with van der Waals surface area (Å²) in [5.41, 5.74) is 4.06. The Labute approximate surface area is 261 Å². The minimum absolute atomic E-state index is 0.0198. The number of imidazole rings is 1. The lowest BCUT2D eigenvalue weighted by Crippen LogP contribution is -2.03. The van der Waals surface area contributed by atoms with E-state index in [1.807, 2.05) is 32.9 Å². The Kier molecular flexibility index (Phi) is 11.2. The minimum atomic E-state index is -0.664. The zero-order valence-corrected chi connectivity index (χ0v) is 25.8. The van der Waals surface area contributed by atoms with Gasteiger partial charge in [-0.1, -0.05) is 50.1 Å². The molecule has 0 aliphatic carbocycles. The van der Waals surface area contributed by atoms with Crippen molar-refractivity contribution in [3.05, 3.63) is 107 Å². The van der Waals surface area contributed by atoms with Crippen molar-refractivity contribution in [2.24, 2.45) is 0 Å². The lowest BCUT2D eigenvalue weighted by atomic mass is 9.90. The standard InChI is InChI=1S/C34H30F2N4O3.C2H6/c1-21-7-6-8-22(17-21)24(9-4-3-5-15-37)31-20-39-34(40-31)27-18-23(10-12-28(27)35)43-33-26(11-13-32(41)42-2)25-14-16-38-30(25)19-29(33)36;1-2/h6-8,10-14,16-20,24,38H,3-5,9H2,1-2H3,(H,39,40);1-2H3/b13-11+;. The number of halogens is 2. The lowest BCUT2D eigenvalue weighted by Gasteiger charge is -2.16. The number of esters is 1. The number of nitriles is 1. The number of fused-ring (bicyclic) bond motifs is 1. The number of rotatable bonds is 11.